The fourth-order valence-corrected chi connectivity index (χ4v) is 3.56. The molecular formula is C20H26ClN5O3. The van der Waals surface area contributed by atoms with Crippen LogP contribution in [0.15, 0.2) is 36.5 Å². The first-order chi connectivity index (χ1) is 13.7. The van der Waals surface area contributed by atoms with E-state index >= 15 is 0 Å². The van der Waals surface area contributed by atoms with Crippen LogP contribution in [0, 0.1) is 0 Å². The summed E-state index contributed by atoms with van der Waals surface area (Å²) in [4.78, 5) is 24.5. The molecule has 2 saturated heterocycles. The van der Waals surface area contributed by atoms with E-state index in [1.165, 1.54) is 0 Å². The third-order valence-corrected chi connectivity index (χ3v) is 5.12. The van der Waals surface area contributed by atoms with Crippen molar-refractivity contribution in [2.45, 2.75) is 37.8 Å². The number of nitrogens with zero attached hydrogens (tertiary/aromatic N) is 2. The zero-order valence-corrected chi connectivity index (χ0v) is 16.9. The summed E-state index contributed by atoms with van der Waals surface area (Å²) < 4.78 is 7.24. The van der Waals surface area contributed by atoms with Crippen molar-refractivity contribution in [1.82, 2.24) is 15.1 Å². The highest BCUT2D eigenvalue weighted by atomic mass is 35.5. The molecule has 156 valence electrons. The van der Waals surface area contributed by atoms with Gasteiger partial charge in [-0.05, 0) is 62.6 Å². The molecule has 2 aliphatic heterocycles. The number of carbonyl (C=O) groups is 2. The average molecular weight is 420 g/mol. The van der Waals surface area contributed by atoms with Gasteiger partial charge in [-0.25, -0.2) is 0 Å². The highest BCUT2D eigenvalue weighted by Crippen LogP contribution is 2.19. The lowest BCUT2D eigenvalue weighted by Crippen LogP contribution is -2.32. The van der Waals surface area contributed by atoms with Crippen molar-refractivity contribution in [1.29, 1.82) is 0 Å². The predicted octanol–water partition coefficient (Wildman–Crippen LogP) is 2.60. The minimum Gasteiger partial charge on any atom is -0.368 e. The van der Waals surface area contributed by atoms with Gasteiger partial charge in [-0.15, -0.1) is 12.4 Å². The van der Waals surface area contributed by atoms with Crippen molar-refractivity contribution in [3.63, 3.8) is 0 Å². The summed E-state index contributed by atoms with van der Waals surface area (Å²) in [5.74, 6) is -0.379. The molecule has 2 amide bonds. The van der Waals surface area contributed by atoms with Gasteiger partial charge in [0.05, 0.1) is 6.04 Å². The molecule has 0 bridgehead atoms. The minimum absolute atomic E-state index is 0. The van der Waals surface area contributed by atoms with Gasteiger partial charge in [0.25, 0.3) is 11.8 Å². The van der Waals surface area contributed by atoms with E-state index in [0.29, 0.717) is 29.7 Å². The lowest BCUT2D eigenvalue weighted by Gasteiger charge is -2.22. The van der Waals surface area contributed by atoms with Crippen LogP contribution in [0.2, 0.25) is 0 Å². The summed E-state index contributed by atoms with van der Waals surface area (Å²) in [5, 5.41) is 13.5. The molecule has 0 aliphatic carbocycles. The van der Waals surface area contributed by atoms with Crippen LogP contribution in [0.25, 0.3) is 0 Å². The number of ether oxygens (including phenoxy) is 1. The molecule has 0 spiro atoms. The van der Waals surface area contributed by atoms with Gasteiger partial charge >= 0.3 is 0 Å². The molecule has 2 atom stereocenters. The van der Waals surface area contributed by atoms with Crippen LogP contribution in [0.5, 0.6) is 0 Å². The van der Waals surface area contributed by atoms with Gasteiger partial charge in [0.1, 0.15) is 6.10 Å². The summed E-state index contributed by atoms with van der Waals surface area (Å²) in [6, 6.07) is 9.06. The van der Waals surface area contributed by atoms with E-state index in [4.69, 9.17) is 4.74 Å². The lowest BCUT2D eigenvalue weighted by molar-refractivity contribution is -0.124. The summed E-state index contributed by atoms with van der Waals surface area (Å²) in [6.07, 6.45) is 5.33. The van der Waals surface area contributed by atoms with Gasteiger partial charge in [0.15, 0.2) is 5.69 Å². The number of hydrogen-bond donors (Lipinski definition) is 3. The topological polar surface area (TPSA) is 97.3 Å². The van der Waals surface area contributed by atoms with Crippen molar-refractivity contribution in [3.8, 4) is 0 Å². The van der Waals surface area contributed by atoms with E-state index in [9.17, 15) is 9.59 Å². The van der Waals surface area contributed by atoms with E-state index in [1.54, 1.807) is 30.3 Å². The maximum Gasteiger partial charge on any atom is 0.276 e. The van der Waals surface area contributed by atoms with E-state index in [-0.39, 0.29) is 30.3 Å². The van der Waals surface area contributed by atoms with Crippen molar-refractivity contribution < 1.29 is 14.3 Å². The average Bonchev–Trinajstić information content (AvgIpc) is 3.42. The maximum atomic E-state index is 12.5. The molecule has 2 aromatic rings. The zero-order valence-electron chi connectivity index (χ0n) is 16.1. The van der Waals surface area contributed by atoms with Crippen molar-refractivity contribution in [2.75, 3.05) is 30.3 Å². The third kappa shape index (κ3) is 5.35. The zero-order chi connectivity index (χ0) is 19.3. The van der Waals surface area contributed by atoms with Crippen LogP contribution < -0.4 is 16.0 Å². The first-order valence-corrected chi connectivity index (χ1v) is 9.79. The van der Waals surface area contributed by atoms with E-state index in [2.05, 4.69) is 21.0 Å². The normalized spacial score (nSPS) is 21.2. The number of hydrogen-bond acceptors (Lipinski definition) is 5. The Balaban J connectivity index is 0.00000240. The first-order valence-electron chi connectivity index (χ1n) is 9.79. The second-order valence-corrected chi connectivity index (χ2v) is 7.20. The fourth-order valence-electron chi connectivity index (χ4n) is 3.56. The largest absolute Gasteiger partial charge is 0.368 e. The number of halogens is 1. The molecular weight excluding hydrogens is 394 g/mol. The Bertz CT molecular complexity index is 827. The number of amides is 2. The number of piperidine rings is 1. The Labute approximate surface area is 175 Å². The van der Waals surface area contributed by atoms with Crippen molar-refractivity contribution in [2.24, 2.45) is 0 Å². The van der Waals surface area contributed by atoms with Crippen molar-refractivity contribution >= 4 is 35.6 Å². The summed E-state index contributed by atoms with van der Waals surface area (Å²) in [5.41, 5.74) is 1.71. The lowest BCUT2D eigenvalue weighted by atomic mass is 10.1. The first kappa shape index (κ1) is 21.3. The summed E-state index contributed by atoms with van der Waals surface area (Å²) >= 11 is 0. The Morgan fingerprint density at radius 1 is 1.07 bits per heavy atom. The third-order valence-electron chi connectivity index (χ3n) is 5.12. The standard InChI is InChI=1S/C20H25N5O3.ClH/c26-19(17-9-11-25(24-17)16-3-1-10-21-13-16)22-14-5-7-15(8-6-14)23-20(27)18-4-2-12-28-18;/h5-9,11,16,18,21H,1-4,10,12-13H2,(H,22,26)(H,23,27);1H. The highest BCUT2D eigenvalue weighted by molar-refractivity contribution is 6.03. The molecule has 1 aromatic carbocycles. The van der Waals surface area contributed by atoms with Crippen LogP contribution in [-0.4, -0.2) is 47.4 Å². The van der Waals surface area contributed by atoms with Gasteiger partial charge < -0.3 is 20.7 Å². The van der Waals surface area contributed by atoms with Crippen molar-refractivity contribution in [3.05, 3.63) is 42.2 Å². The molecule has 3 N–H and O–H groups in total. The van der Waals surface area contributed by atoms with Crippen LogP contribution >= 0.6 is 12.4 Å². The highest BCUT2D eigenvalue weighted by Gasteiger charge is 2.23. The molecule has 3 heterocycles. The van der Waals surface area contributed by atoms with Crippen LogP contribution in [0.4, 0.5) is 11.4 Å². The molecule has 2 aliphatic rings. The molecule has 0 saturated carbocycles. The number of benzene rings is 1. The van der Waals surface area contributed by atoms with Gasteiger partial charge in [-0.3, -0.25) is 14.3 Å². The molecule has 8 nitrogen and oxygen atoms in total. The van der Waals surface area contributed by atoms with Gasteiger partial charge in [-0.2, -0.15) is 5.10 Å². The van der Waals surface area contributed by atoms with Gasteiger partial charge in [0, 0.05) is 30.7 Å². The van der Waals surface area contributed by atoms with Crippen LogP contribution in [0.3, 0.4) is 0 Å². The molecule has 9 heteroatoms. The van der Waals surface area contributed by atoms with Crippen LogP contribution in [-0.2, 0) is 9.53 Å². The predicted molar refractivity (Wildman–Crippen MR) is 113 cm³/mol. The number of rotatable bonds is 5. The number of carbonyl (C=O) groups excluding carboxylic acids is 2. The number of anilines is 2. The second kappa shape index (κ2) is 9.87. The fraction of sp³-hybridized carbons (Fsp3) is 0.450. The monoisotopic (exact) mass is 419 g/mol. The molecule has 4 rings (SSSR count). The van der Waals surface area contributed by atoms with Gasteiger partial charge in [0.2, 0.25) is 0 Å². The summed E-state index contributed by atoms with van der Waals surface area (Å²) in [7, 11) is 0. The van der Waals surface area contributed by atoms with E-state index in [1.807, 2.05) is 10.9 Å². The molecule has 2 fully saturated rings. The number of aromatic nitrogens is 2. The van der Waals surface area contributed by atoms with Crippen LogP contribution in [0.1, 0.15) is 42.2 Å². The molecule has 1 aromatic heterocycles. The number of nitrogens with one attached hydrogen (secondary N) is 3. The smallest absolute Gasteiger partial charge is 0.276 e. The molecule has 2 unspecified atom stereocenters. The SMILES string of the molecule is Cl.O=C(Nc1ccc(NC(=O)C2CCCO2)cc1)c1ccn(C2CCCNC2)n1. The Morgan fingerprint density at radius 3 is 2.48 bits per heavy atom. The van der Waals surface area contributed by atoms with E-state index in [0.717, 1.165) is 38.8 Å². The maximum absolute atomic E-state index is 12.5. The van der Waals surface area contributed by atoms with Gasteiger partial charge in [-0.1, -0.05) is 0 Å². The quantitative estimate of drug-likeness (QED) is 0.692. The summed E-state index contributed by atoms with van der Waals surface area (Å²) in [6.45, 7) is 2.55. The molecule has 29 heavy (non-hydrogen) atoms. The van der Waals surface area contributed by atoms with E-state index < -0.39 is 0 Å². The Kier molecular flexibility index (Phi) is 7.24. The minimum atomic E-state index is -0.367. The Morgan fingerprint density at radius 2 is 1.83 bits per heavy atom. The second-order valence-electron chi connectivity index (χ2n) is 7.20. The Hall–Kier alpha value is -2.42. The molecule has 0 radical (unpaired) electrons.